The van der Waals surface area contributed by atoms with E-state index in [0.717, 1.165) is 16.3 Å². The zero-order chi connectivity index (χ0) is 22.6. The lowest BCUT2D eigenvalue weighted by atomic mass is 10.1. The molecule has 1 heterocycles. The quantitative estimate of drug-likeness (QED) is 0.695. The highest BCUT2D eigenvalue weighted by molar-refractivity contribution is 6.08. The van der Waals surface area contributed by atoms with Crippen LogP contribution in [-0.4, -0.2) is 28.4 Å². The van der Waals surface area contributed by atoms with Crippen LogP contribution in [0.3, 0.4) is 0 Å². The minimum atomic E-state index is -4.63. The molecule has 1 amide bonds. The van der Waals surface area contributed by atoms with E-state index in [2.05, 4.69) is 10.4 Å². The Balaban J connectivity index is 1.84. The molecule has 0 fully saturated rings. The van der Waals surface area contributed by atoms with Gasteiger partial charge in [0.05, 0.1) is 17.9 Å². The van der Waals surface area contributed by atoms with Crippen molar-refractivity contribution >= 4 is 17.6 Å². The number of amides is 1. The Morgan fingerprint density at radius 3 is 2.52 bits per heavy atom. The average molecular weight is 435 g/mol. The molecule has 0 atom stereocenters. The summed E-state index contributed by atoms with van der Waals surface area (Å²) < 4.78 is 50.4. The number of allylic oxidation sites excluding steroid dienone is 1. The summed E-state index contributed by atoms with van der Waals surface area (Å²) >= 11 is 0. The summed E-state index contributed by atoms with van der Waals surface area (Å²) in [6.45, 7) is 1.68. The first kappa shape index (κ1) is 22.1. The number of hydrogen-bond donors (Lipinski definition) is 1. The molecule has 0 saturated carbocycles. The fraction of sp³-hybridized carbons (Fsp3) is 0.286. The maximum absolute atomic E-state index is 13.0. The number of rotatable bonds is 6. The SMILES string of the molecule is CCOC(=O)C1=C(NC(=O)OCc2ccccc2)CC=C1c1cc(C(F)(F)F)nn1C. The number of nitrogens with one attached hydrogen (secondary N) is 1. The van der Waals surface area contributed by atoms with Gasteiger partial charge in [0.1, 0.15) is 6.61 Å². The normalized spacial score (nSPS) is 13.8. The number of aryl methyl sites for hydroxylation is 1. The number of aromatic nitrogens is 2. The number of esters is 1. The molecule has 0 bridgehead atoms. The van der Waals surface area contributed by atoms with Gasteiger partial charge in [-0.3, -0.25) is 10.00 Å². The highest BCUT2D eigenvalue weighted by Crippen LogP contribution is 2.36. The van der Waals surface area contributed by atoms with E-state index in [9.17, 15) is 22.8 Å². The fourth-order valence-corrected chi connectivity index (χ4v) is 3.09. The molecule has 0 radical (unpaired) electrons. The van der Waals surface area contributed by atoms with Gasteiger partial charge in [-0.05, 0) is 18.6 Å². The summed E-state index contributed by atoms with van der Waals surface area (Å²) in [7, 11) is 1.34. The first-order chi connectivity index (χ1) is 14.7. The predicted molar refractivity (Wildman–Crippen MR) is 104 cm³/mol. The zero-order valence-electron chi connectivity index (χ0n) is 16.8. The highest BCUT2D eigenvalue weighted by atomic mass is 19.4. The van der Waals surface area contributed by atoms with Crippen molar-refractivity contribution in [2.75, 3.05) is 6.61 Å². The first-order valence-corrected chi connectivity index (χ1v) is 9.40. The lowest BCUT2D eigenvalue weighted by Crippen LogP contribution is -2.25. The van der Waals surface area contributed by atoms with Crippen LogP contribution < -0.4 is 5.32 Å². The van der Waals surface area contributed by atoms with Crippen LogP contribution in [0, 0.1) is 0 Å². The third kappa shape index (κ3) is 5.14. The molecule has 1 aliphatic rings. The van der Waals surface area contributed by atoms with E-state index >= 15 is 0 Å². The van der Waals surface area contributed by atoms with Gasteiger partial charge in [0.2, 0.25) is 0 Å². The van der Waals surface area contributed by atoms with E-state index in [0.29, 0.717) is 0 Å². The third-order valence-corrected chi connectivity index (χ3v) is 4.47. The molecule has 164 valence electrons. The van der Waals surface area contributed by atoms with E-state index in [1.165, 1.54) is 13.1 Å². The van der Waals surface area contributed by atoms with E-state index in [1.807, 2.05) is 6.07 Å². The van der Waals surface area contributed by atoms with Gasteiger partial charge in [0.25, 0.3) is 0 Å². The third-order valence-electron chi connectivity index (χ3n) is 4.47. The minimum absolute atomic E-state index is 0.0195. The number of carbonyl (C=O) groups excluding carboxylic acids is 2. The Bertz CT molecular complexity index is 1040. The number of hydrogen-bond acceptors (Lipinski definition) is 5. The lowest BCUT2D eigenvalue weighted by Gasteiger charge is -2.12. The van der Waals surface area contributed by atoms with Crippen LogP contribution in [0.5, 0.6) is 0 Å². The molecule has 31 heavy (non-hydrogen) atoms. The van der Waals surface area contributed by atoms with Crippen LogP contribution in [0.4, 0.5) is 18.0 Å². The average Bonchev–Trinajstić information content (AvgIpc) is 3.30. The molecule has 0 saturated heterocycles. The van der Waals surface area contributed by atoms with Crippen LogP contribution in [0.15, 0.2) is 53.7 Å². The van der Waals surface area contributed by atoms with Crippen LogP contribution in [0.1, 0.15) is 30.3 Å². The second-order valence-electron chi connectivity index (χ2n) is 6.62. The van der Waals surface area contributed by atoms with Crippen molar-refractivity contribution in [3.63, 3.8) is 0 Å². The Kier molecular flexibility index (Phi) is 6.47. The van der Waals surface area contributed by atoms with E-state index in [-0.39, 0.29) is 42.2 Å². The summed E-state index contributed by atoms with van der Waals surface area (Å²) in [6.07, 6.45) is -3.78. The molecule has 7 nitrogen and oxygen atoms in total. The molecule has 3 rings (SSSR count). The lowest BCUT2D eigenvalue weighted by molar-refractivity contribution is -0.141. The molecule has 10 heteroatoms. The molecule has 0 aliphatic heterocycles. The van der Waals surface area contributed by atoms with Crippen molar-refractivity contribution in [2.45, 2.75) is 26.1 Å². The molecule has 1 N–H and O–H groups in total. The van der Waals surface area contributed by atoms with Gasteiger partial charge in [-0.2, -0.15) is 18.3 Å². The number of alkyl halides is 3. The number of benzene rings is 1. The number of carbonyl (C=O) groups is 2. The monoisotopic (exact) mass is 435 g/mol. The van der Waals surface area contributed by atoms with Gasteiger partial charge in [-0.15, -0.1) is 0 Å². The van der Waals surface area contributed by atoms with E-state index < -0.39 is 23.9 Å². The van der Waals surface area contributed by atoms with Crippen LogP contribution in [-0.2, 0) is 34.1 Å². The topological polar surface area (TPSA) is 82.4 Å². The molecular weight excluding hydrogens is 415 g/mol. The van der Waals surface area contributed by atoms with Crippen LogP contribution in [0.25, 0.3) is 5.57 Å². The predicted octanol–water partition coefficient (Wildman–Crippen LogP) is 3.97. The van der Waals surface area contributed by atoms with Gasteiger partial charge in [0.15, 0.2) is 5.69 Å². The molecule has 1 aromatic carbocycles. The fourth-order valence-electron chi connectivity index (χ4n) is 3.09. The van der Waals surface area contributed by atoms with E-state index in [4.69, 9.17) is 9.47 Å². The van der Waals surface area contributed by atoms with Crippen molar-refractivity contribution < 1.29 is 32.2 Å². The Hall–Kier alpha value is -3.56. The van der Waals surface area contributed by atoms with Gasteiger partial charge >= 0.3 is 18.2 Å². The van der Waals surface area contributed by atoms with Crippen molar-refractivity contribution in [1.82, 2.24) is 15.1 Å². The van der Waals surface area contributed by atoms with Crippen molar-refractivity contribution in [3.8, 4) is 0 Å². The maximum atomic E-state index is 13.0. The van der Waals surface area contributed by atoms with Crippen molar-refractivity contribution in [1.29, 1.82) is 0 Å². The molecule has 0 spiro atoms. The Labute approximate surface area is 176 Å². The second kappa shape index (κ2) is 9.07. The number of ether oxygens (including phenoxy) is 2. The summed E-state index contributed by atoms with van der Waals surface area (Å²) in [5, 5.41) is 5.99. The van der Waals surface area contributed by atoms with Crippen molar-refractivity contribution in [3.05, 3.63) is 70.7 Å². The number of alkyl carbamates (subject to hydrolysis) is 1. The largest absolute Gasteiger partial charge is 0.462 e. The molecule has 0 unspecified atom stereocenters. The summed E-state index contributed by atoms with van der Waals surface area (Å²) in [5.74, 6) is -0.764. The van der Waals surface area contributed by atoms with Gasteiger partial charge in [-0.1, -0.05) is 36.4 Å². The van der Waals surface area contributed by atoms with Crippen molar-refractivity contribution in [2.24, 2.45) is 7.05 Å². The van der Waals surface area contributed by atoms with Crippen LogP contribution >= 0.6 is 0 Å². The molecule has 1 aromatic heterocycles. The Morgan fingerprint density at radius 1 is 1.19 bits per heavy atom. The first-order valence-electron chi connectivity index (χ1n) is 9.40. The van der Waals surface area contributed by atoms with Crippen LogP contribution in [0.2, 0.25) is 0 Å². The molecule has 1 aliphatic carbocycles. The van der Waals surface area contributed by atoms with Gasteiger partial charge < -0.3 is 9.47 Å². The summed E-state index contributed by atoms with van der Waals surface area (Å²) in [4.78, 5) is 24.8. The maximum Gasteiger partial charge on any atom is 0.435 e. The highest BCUT2D eigenvalue weighted by Gasteiger charge is 2.37. The number of halogens is 3. The zero-order valence-corrected chi connectivity index (χ0v) is 16.8. The molecular formula is C21H20F3N3O4. The standard InChI is InChI=1S/C21H20F3N3O4/c1-3-30-19(28)18-14(16-11-17(21(22,23)24)26-27(16)2)9-10-15(18)25-20(29)31-12-13-7-5-4-6-8-13/h4-9,11H,3,10,12H2,1-2H3,(H,25,29). The molecule has 2 aromatic rings. The smallest absolute Gasteiger partial charge is 0.435 e. The Morgan fingerprint density at radius 2 is 1.90 bits per heavy atom. The van der Waals surface area contributed by atoms with Gasteiger partial charge in [-0.25, -0.2) is 9.59 Å². The number of nitrogens with zero attached hydrogens (tertiary/aromatic N) is 2. The van der Waals surface area contributed by atoms with Gasteiger partial charge in [0, 0.05) is 24.7 Å². The minimum Gasteiger partial charge on any atom is -0.462 e. The summed E-state index contributed by atoms with van der Waals surface area (Å²) in [6, 6.07) is 9.84. The summed E-state index contributed by atoms with van der Waals surface area (Å²) in [5.41, 5.74) is 0.110. The van der Waals surface area contributed by atoms with E-state index in [1.54, 1.807) is 31.2 Å². The second-order valence-corrected chi connectivity index (χ2v) is 6.62.